The summed E-state index contributed by atoms with van der Waals surface area (Å²) in [4.78, 5) is 2.69. The quantitative estimate of drug-likeness (QED) is 0.772. The van der Waals surface area contributed by atoms with Crippen molar-refractivity contribution in [2.24, 2.45) is 0 Å². The second kappa shape index (κ2) is 5.65. The van der Waals surface area contributed by atoms with Crippen LogP contribution in [0.1, 0.15) is 0 Å². The van der Waals surface area contributed by atoms with Crippen LogP contribution in [0.15, 0.2) is 71.8 Å². The summed E-state index contributed by atoms with van der Waals surface area (Å²) in [6.45, 7) is 0. The van der Waals surface area contributed by atoms with Crippen LogP contribution in [0.4, 0.5) is 10.1 Å². The van der Waals surface area contributed by atoms with Crippen LogP contribution in [0, 0.1) is 5.82 Å². The molecular formula is C16H13FN2O2S. The first kappa shape index (κ1) is 14.3. The fourth-order valence-electron chi connectivity index (χ4n) is 2.10. The predicted octanol–water partition coefficient (Wildman–Crippen LogP) is 3.62. The molecule has 0 saturated carbocycles. The monoisotopic (exact) mass is 316 g/mol. The number of rotatable bonds is 4. The Kier molecular flexibility index (Phi) is 3.68. The molecule has 22 heavy (non-hydrogen) atoms. The summed E-state index contributed by atoms with van der Waals surface area (Å²) >= 11 is 0. The normalized spacial score (nSPS) is 11.3. The van der Waals surface area contributed by atoms with Crippen molar-refractivity contribution in [3.63, 3.8) is 0 Å². The number of aromatic amines is 1. The molecule has 3 rings (SSSR count). The van der Waals surface area contributed by atoms with Gasteiger partial charge in [-0.05, 0) is 42.0 Å². The lowest BCUT2D eigenvalue weighted by molar-refractivity contribution is 0.570. The van der Waals surface area contributed by atoms with Gasteiger partial charge in [0.1, 0.15) is 10.7 Å². The number of H-pyrrole nitrogens is 1. The molecule has 0 unspecified atom stereocenters. The summed E-state index contributed by atoms with van der Waals surface area (Å²) in [5.74, 6) is -0.780. The van der Waals surface area contributed by atoms with E-state index in [4.69, 9.17) is 0 Å². The maximum absolute atomic E-state index is 13.6. The van der Waals surface area contributed by atoms with Crippen LogP contribution in [-0.4, -0.2) is 13.4 Å². The molecule has 0 spiro atoms. The molecule has 0 atom stereocenters. The molecular weight excluding hydrogens is 303 g/mol. The van der Waals surface area contributed by atoms with Gasteiger partial charge in [-0.1, -0.05) is 24.3 Å². The van der Waals surface area contributed by atoms with Crippen molar-refractivity contribution in [1.82, 2.24) is 4.98 Å². The van der Waals surface area contributed by atoms with Gasteiger partial charge in [-0.15, -0.1) is 0 Å². The predicted molar refractivity (Wildman–Crippen MR) is 83.4 cm³/mol. The minimum Gasteiger partial charge on any atom is -0.361 e. The SMILES string of the molecule is O=S(=O)(Nc1ccc(-c2ccc[nH]2)cc1)c1ccccc1F. The molecule has 2 N–H and O–H groups in total. The molecule has 0 amide bonds. The van der Waals surface area contributed by atoms with E-state index in [-0.39, 0.29) is 4.90 Å². The highest BCUT2D eigenvalue weighted by molar-refractivity contribution is 7.92. The first-order valence-corrected chi connectivity index (χ1v) is 8.06. The number of nitrogens with one attached hydrogen (secondary N) is 2. The maximum Gasteiger partial charge on any atom is 0.264 e. The standard InChI is InChI=1S/C16H13FN2O2S/c17-14-4-1-2-6-16(14)22(20,21)19-13-9-7-12(8-10-13)15-5-3-11-18-15/h1-11,18-19H. The van der Waals surface area contributed by atoms with Crippen molar-refractivity contribution in [1.29, 1.82) is 0 Å². The van der Waals surface area contributed by atoms with Gasteiger partial charge >= 0.3 is 0 Å². The lowest BCUT2D eigenvalue weighted by Gasteiger charge is -2.09. The molecule has 4 nitrogen and oxygen atoms in total. The third-order valence-electron chi connectivity index (χ3n) is 3.17. The van der Waals surface area contributed by atoms with Gasteiger partial charge in [0, 0.05) is 17.6 Å². The molecule has 2 aromatic carbocycles. The van der Waals surface area contributed by atoms with Gasteiger partial charge in [-0.2, -0.15) is 0 Å². The number of sulfonamides is 1. The third-order valence-corrected chi connectivity index (χ3v) is 4.59. The highest BCUT2D eigenvalue weighted by atomic mass is 32.2. The molecule has 112 valence electrons. The van der Waals surface area contributed by atoms with Crippen molar-refractivity contribution in [3.8, 4) is 11.3 Å². The molecule has 0 bridgehead atoms. The van der Waals surface area contributed by atoms with Gasteiger partial charge in [0.25, 0.3) is 10.0 Å². The smallest absolute Gasteiger partial charge is 0.264 e. The second-order valence-electron chi connectivity index (χ2n) is 4.70. The summed E-state index contributed by atoms with van der Waals surface area (Å²) in [5, 5.41) is 0. The Labute approximate surface area is 127 Å². The first-order chi connectivity index (χ1) is 10.6. The minimum absolute atomic E-state index is 0.372. The lowest BCUT2D eigenvalue weighted by atomic mass is 10.1. The third kappa shape index (κ3) is 2.87. The number of anilines is 1. The van der Waals surface area contributed by atoms with E-state index in [9.17, 15) is 12.8 Å². The van der Waals surface area contributed by atoms with E-state index >= 15 is 0 Å². The van der Waals surface area contributed by atoms with Gasteiger partial charge < -0.3 is 4.98 Å². The summed E-state index contributed by atoms with van der Waals surface area (Å²) in [7, 11) is -3.94. The van der Waals surface area contributed by atoms with Gasteiger partial charge in [-0.3, -0.25) is 4.72 Å². The van der Waals surface area contributed by atoms with E-state index in [1.54, 1.807) is 24.3 Å². The van der Waals surface area contributed by atoms with E-state index < -0.39 is 15.8 Å². The molecule has 0 aliphatic carbocycles. The topological polar surface area (TPSA) is 62.0 Å². The van der Waals surface area contributed by atoms with E-state index in [1.165, 1.54) is 18.2 Å². The summed E-state index contributed by atoms with van der Waals surface area (Å²) in [6.07, 6.45) is 1.81. The van der Waals surface area contributed by atoms with Crippen molar-refractivity contribution >= 4 is 15.7 Å². The van der Waals surface area contributed by atoms with E-state index in [1.807, 2.05) is 18.3 Å². The van der Waals surface area contributed by atoms with Crippen molar-refractivity contribution < 1.29 is 12.8 Å². The number of aromatic nitrogens is 1. The lowest BCUT2D eigenvalue weighted by Crippen LogP contribution is -2.14. The zero-order valence-electron chi connectivity index (χ0n) is 11.5. The Morgan fingerprint density at radius 3 is 2.27 bits per heavy atom. The Balaban J connectivity index is 1.86. The highest BCUT2D eigenvalue weighted by Crippen LogP contribution is 2.22. The number of halogens is 1. The van der Waals surface area contributed by atoms with E-state index in [0.717, 1.165) is 17.3 Å². The Hall–Kier alpha value is -2.60. The van der Waals surface area contributed by atoms with Crippen molar-refractivity contribution in [2.75, 3.05) is 4.72 Å². The zero-order chi connectivity index (χ0) is 15.6. The highest BCUT2D eigenvalue weighted by Gasteiger charge is 2.18. The Morgan fingerprint density at radius 2 is 1.64 bits per heavy atom. The van der Waals surface area contributed by atoms with E-state index in [2.05, 4.69) is 9.71 Å². The molecule has 0 aliphatic rings. The van der Waals surface area contributed by atoms with Crippen LogP contribution in [0.2, 0.25) is 0 Å². The Bertz CT molecular complexity index is 873. The minimum atomic E-state index is -3.94. The fraction of sp³-hybridized carbons (Fsp3) is 0. The molecule has 0 radical (unpaired) electrons. The molecule has 6 heteroatoms. The fourth-order valence-corrected chi connectivity index (χ4v) is 3.24. The molecule has 1 heterocycles. The van der Waals surface area contributed by atoms with E-state index in [0.29, 0.717) is 5.69 Å². The zero-order valence-corrected chi connectivity index (χ0v) is 12.3. The molecule has 0 saturated heterocycles. The van der Waals surface area contributed by atoms with Crippen LogP contribution < -0.4 is 4.72 Å². The van der Waals surface area contributed by atoms with Crippen molar-refractivity contribution in [2.45, 2.75) is 4.90 Å². The number of hydrogen-bond acceptors (Lipinski definition) is 2. The first-order valence-electron chi connectivity index (χ1n) is 6.57. The van der Waals surface area contributed by atoms with Crippen molar-refractivity contribution in [3.05, 3.63) is 72.7 Å². The summed E-state index contributed by atoms with van der Waals surface area (Å²) in [6, 6.07) is 15.9. The second-order valence-corrected chi connectivity index (χ2v) is 6.35. The van der Waals surface area contributed by atoms with Crippen LogP contribution in [0.3, 0.4) is 0 Å². The van der Waals surface area contributed by atoms with Crippen LogP contribution >= 0.6 is 0 Å². The average Bonchev–Trinajstić information content (AvgIpc) is 3.02. The Morgan fingerprint density at radius 1 is 0.909 bits per heavy atom. The van der Waals surface area contributed by atoms with Crippen LogP contribution in [-0.2, 0) is 10.0 Å². The van der Waals surface area contributed by atoms with Gasteiger partial charge in [0.05, 0.1) is 0 Å². The number of hydrogen-bond donors (Lipinski definition) is 2. The van der Waals surface area contributed by atoms with Crippen LogP contribution in [0.5, 0.6) is 0 Å². The van der Waals surface area contributed by atoms with Crippen LogP contribution in [0.25, 0.3) is 11.3 Å². The molecule has 1 aromatic heterocycles. The molecule has 0 fully saturated rings. The maximum atomic E-state index is 13.6. The summed E-state index contributed by atoms with van der Waals surface area (Å²) < 4.78 is 40.3. The van der Waals surface area contributed by atoms with Gasteiger partial charge in [0.2, 0.25) is 0 Å². The molecule has 0 aliphatic heterocycles. The summed E-state index contributed by atoms with van der Waals surface area (Å²) in [5.41, 5.74) is 2.24. The average molecular weight is 316 g/mol. The largest absolute Gasteiger partial charge is 0.361 e. The van der Waals surface area contributed by atoms with Gasteiger partial charge in [0.15, 0.2) is 0 Å². The number of benzene rings is 2. The molecule has 3 aromatic rings. The van der Waals surface area contributed by atoms with Gasteiger partial charge in [-0.25, -0.2) is 12.8 Å².